The summed E-state index contributed by atoms with van der Waals surface area (Å²) in [6.45, 7) is 0. The summed E-state index contributed by atoms with van der Waals surface area (Å²) in [4.78, 5) is 16.7. The molecule has 2 aromatic rings. The van der Waals surface area contributed by atoms with Crippen molar-refractivity contribution in [1.82, 2.24) is 9.88 Å². The van der Waals surface area contributed by atoms with Crippen molar-refractivity contribution in [1.29, 1.82) is 0 Å². The Morgan fingerprint density at radius 3 is 2.14 bits per heavy atom. The molecule has 1 fully saturated rings. The first-order valence-corrected chi connectivity index (χ1v) is 8.49. The molecule has 0 aliphatic heterocycles. The number of rotatable bonds is 5. The molecule has 0 atom stereocenters. The zero-order valence-electron chi connectivity index (χ0n) is 15.4. The maximum absolute atomic E-state index is 14.1. The summed E-state index contributed by atoms with van der Waals surface area (Å²) in [5, 5.41) is 0. The molecule has 156 valence electrons. The summed E-state index contributed by atoms with van der Waals surface area (Å²) in [5.74, 6) is -6.71. The Hall–Kier alpha value is -2.78. The van der Waals surface area contributed by atoms with E-state index in [-0.39, 0.29) is 29.7 Å². The fourth-order valence-corrected chi connectivity index (χ4v) is 3.01. The third-order valence-electron chi connectivity index (χ3n) is 4.79. The Labute approximate surface area is 162 Å². The first kappa shape index (κ1) is 20.9. The minimum Gasteiger partial charge on any atom is -0.436 e. The van der Waals surface area contributed by atoms with Crippen molar-refractivity contribution in [2.75, 3.05) is 14.1 Å². The molecular formula is C19H16F6N2O2. The third kappa shape index (κ3) is 3.63. The number of hydrogen-bond donors (Lipinski definition) is 0. The molecule has 0 saturated heterocycles. The molecule has 1 aliphatic rings. The van der Waals surface area contributed by atoms with Crippen LogP contribution in [0.5, 0.6) is 11.6 Å². The molecule has 1 saturated carbocycles. The molecule has 0 bridgehead atoms. The van der Waals surface area contributed by atoms with E-state index in [0.717, 1.165) is 24.4 Å². The van der Waals surface area contributed by atoms with Gasteiger partial charge in [-0.05, 0) is 36.6 Å². The van der Waals surface area contributed by atoms with Crippen LogP contribution in [0, 0.1) is 5.82 Å². The van der Waals surface area contributed by atoms with Gasteiger partial charge in [0.2, 0.25) is 0 Å². The Kier molecular flexibility index (Phi) is 5.00. The molecule has 10 heteroatoms. The SMILES string of the molecule is CN(C)C(=O)c1cnc(Oc2ccc(C3(C(F)(F)C(F)(F)F)CC3)cc2)c(F)c1. The quantitative estimate of drug-likeness (QED) is 0.646. The number of alkyl halides is 5. The van der Waals surface area contributed by atoms with E-state index in [2.05, 4.69) is 4.98 Å². The van der Waals surface area contributed by atoms with Crippen molar-refractivity contribution < 1.29 is 35.9 Å². The molecular weight excluding hydrogens is 402 g/mol. The van der Waals surface area contributed by atoms with Gasteiger partial charge in [0.25, 0.3) is 11.8 Å². The van der Waals surface area contributed by atoms with Crippen molar-refractivity contribution in [2.45, 2.75) is 30.4 Å². The van der Waals surface area contributed by atoms with Crippen LogP contribution in [0.4, 0.5) is 26.3 Å². The summed E-state index contributed by atoms with van der Waals surface area (Å²) >= 11 is 0. The van der Waals surface area contributed by atoms with Gasteiger partial charge in [-0.2, -0.15) is 22.0 Å². The monoisotopic (exact) mass is 418 g/mol. The fourth-order valence-electron chi connectivity index (χ4n) is 3.01. The molecule has 0 unspecified atom stereocenters. The third-order valence-corrected chi connectivity index (χ3v) is 4.79. The van der Waals surface area contributed by atoms with E-state index in [4.69, 9.17) is 4.74 Å². The van der Waals surface area contributed by atoms with E-state index in [1.165, 1.54) is 31.1 Å². The molecule has 1 aromatic heterocycles. The second-order valence-corrected chi connectivity index (χ2v) is 6.99. The molecule has 1 aliphatic carbocycles. The van der Waals surface area contributed by atoms with Crippen LogP contribution in [0.15, 0.2) is 36.5 Å². The lowest BCUT2D eigenvalue weighted by Crippen LogP contribution is -2.47. The molecule has 0 spiro atoms. The van der Waals surface area contributed by atoms with Gasteiger partial charge in [0.15, 0.2) is 5.82 Å². The fraction of sp³-hybridized carbons (Fsp3) is 0.368. The lowest BCUT2D eigenvalue weighted by molar-refractivity contribution is -0.296. The maximum Gasteiger partial charge on any atom is 0.454 e. The van der Waals surface area contributed by atoms with E-state index in [1.807, 2.05) is 0 Å². The topological polar surface area (TPSA) is 42.4 Å². The first-order chi connectivity index (χ1) is 13.4. The van der Waals surface area contributed by atoms with Gasteiger partial charge in [-0.3, -0.25) is 4.79 Å². The Morgan fingerprint density at radius 2 is 1.69 bits per heavy atom. The van der Waals surface area contributed by atoms with Crippen LogP contribution >= 0.6 is 0 Å². The maximum atomic E-state index is 14.1. The van der Waals surface area contributed by atoms with Gasteiger partial charge in [-0.15, -0.1) is 0 Å². The zero-order chi connectivity index (χ0) is 21.6. The molecule has 0 radical (unpaired) electrons. The van der Waals surface area contributed by atoms with Gasteiger partial charge in [0, 0.05) is 20.3 Å². The highest BCUT2D eigenvalue weighted by Gasteiger charge is 2.75. The number of aromatic nitrogens is 1. The molecule has 4 nitrogen and oxygen atoms in total. The molecule has 1 aromatic carbocycles. The summed E-state index contributed by atoms with van der Waals surface area (Å²) in [7, 11) is 2.97. The number of carbonyl (C=O) groups excluding carboxylic acids is 1. The minimum absolute atomic E-state index is 0.000236. The number of halogens is 6. The molecule has 1 amide bonds. The average molecular weight is 418 g/mol. The van der Waals surface area contributed by atoms with Crippen molar-refractivity contribution in [3.63, 3.8) is 0 Å². The first-order valence-electron chi connectivity index (χ1n) is 8.49. The van der Waals surface area contributed by atoms with E-state index in [1.54, 1.807) is 0 Å². The van der Waals surface area contributed by atoms with E-state index in [9.17, 15) is 31.1 Å². The smallest absolute Gasteiger partial charge is 0.436 e. The molecule has 29 heavy (non-hydrogen) atoms. The van der Waals surface area contributed by atoms with Crippen LogP contribution in [0.25, 0.3) is 0 Å². The lowest BCUT2D eigenvalue weighted by Gasteiger charge is -2.29. The summed E-state index contributed by atoms with van der Waals surface area (Å²) in [6.07, 6.45) is -5.13. The number of carbonyl (C=O) groups is 1. The van der Waals surface area contributed by atoms with E-state index < -0.39 is 35.1 Å². The number of nitrogens with zero attached hydrogens (tertiary/aromatic N) is 2. The van der Waals surface area contributed by atoms with Gasteiger partial charge in [0.05, 0.1) is 11.0 Å². The Morgan fingerprint density at radius 1 is 1.10 bits per heavy atom. The van der Waals surface area contributed by atoms with E-state index in [0.29, 0.717) is 0 Å². The Balaban J connectivity index is 1.79. The van der Waals surface area contributed by atoms with Crippen molar-refractivity contribution in [3.8, 4) is 11.6 Å². The minimum atomic E-state index is -5.66. The van der Waals surface area contributed by atoms with Gasteiger partial charge in [-0.25, -0.2) is 9.37 Å². The molecule has 1 heterocycles. The predicted molar refractivity (Wildman–Crippen MR) is 90.6 cm³/mol. The summed E-state index contributed by atoms with van der Waals surface area (Å²) in [5.41, 5.74) is -2.46. The lowest BCUT2D eigenvalue weighted by atomic mass is 9.88. The van der Waals surface area contributed by atoms with Gasteiger partial charge >= 0.3 is 12.1 Å². The predicted octanol–water partition coefficient (Wildman–Crippen LogP) is 4.94. The van der Waals surface area contributed by atoms with E-state index >= 15 is 0 Å². The zero-order valence-corrected chi connectivity index (χ0v) is 15.4. The van der Waals surface area contributed by atoms with Gasteiger partial charge in [-0.1, -0.05) is 12.1 Å². The second-order valence-electron chi connectivity index (χ2n) is 6.99. The number of ether oxygens (including phenoxy) is 1. The van der Waals surface area contributed by atoms with Crippen LogP contribution in [0.2, 0.25) is 0 Å². The molecule has 0 N–H and O–H groups in total. The highest BCUT2D eigenvalue weighted by molar-refractivity contribution is 5.93. The number of amides is 1. The van der Waals surface area contributed by atoms with Gasteiger partial charge < -0.3 is 9.64 Å². The summed E-state index contributed by atoms with van der Waals surface area (Å²) < 4.78 is 85.4. The van der Waals surface area contributed by atoms with Crippen LogP contribution < -0.4 is 4.74 Å². The average Bonchev–Trinajstić information content (AvgIpc) is 3.44. The van der Waals surface area contributed by atoms with Crippen LogP contribution in [0.3, 0.4) is 0 Å². The number of hydrogen-bond acceptors (Lipinski definition) is 3. The van der Waals surface area contributed by atoms with Crippen LogP contribution in [-0.2, 0) is 5.41 Å². The second kappa shape index (κ2) is 6.93. The number of benzene rings is 1. The Bertz CT molecular complexity index is 921. The van der Waals surface area contributed by atoms with Crippen molar-refractivity contribution in [3.05, 3.63) is 53.5 Å². The molecule has 3 rings (SSSR count). The van der Waals surface area contributed by atoms with Crippen LogP contribution in [0.1, 0.15) is 28.8 Å². The van der Waals surface area contributed by atoms with Crippen LogP contribution in [-0.4, -0.2) is 42.0 Å². The largest absolute Gasteiger partial charge is 0.454 e. The normalized spacial score (nSPS) is 15.7. The highest BCUT2D eigenvalue weighted by atomic mass is 19.4. The van der Waals surface area contributed by atoms with Gasteiger partial charge in [0.1, 0.15) is 5.75 Å². The van der Waals surface area contributed by atoms with Crippen molar-refractivity contribution in [2.24, 2.45) is 0 Å². The highest BCUT2D eigenvalue weighted by Crippen LogP contribution is 2.63. The van der Waals surface area contributed by atoms with Crippen molar-refractivity contribution >= 4 is 5.91 Å². The number of pyridine rings is 1. The standard InChI is InChI=1S/C19H16F6N2O2/c1-27(2)16(28)11-9-14(20)15(26-10-11)29-13-5-3-12(4-6-13)17(7-8-17)18(21,22)19(23,24)25/h3-6,9-10H,7-8H2,1-2H3. The summed E-state index contributed by atoms with van der Waals surface area (Å²) in [6, 6.07) is 5.47.